The Labute approximate surface area is 116 Å². The third-order valence-corrected chi connectivity index (χ3v) is 4.22. The van der Waals surface area contributed by atoms with Crippen molar-refractivity contribution in [1.29, 1.82) is 0 Å². The van der Waals surface area contributed by atoms with Gasteiger partial charge in [-0.2, -0.15) is 0 Å². The molecule has 1 spiro atoms. The molecule has 0 aromatic rings. The fourth-order valence-corrected chi connectivity index (χ4v) is 3.33. The van der Waals surface area contributed by atoms with Crippen LogP contribution in [-0.2, 0) is 4.74 Å². The first kappa shape index (κ1) is 14.6. The maximum Gasteiger partial charge on any atom is 0.410 e. The van der Waals surface area contributed by atoms with Crippen LogP contribution >= 0.6 is 0 Å². The average molecular weight is 268 g/mol. The van der Waals surface area contributed by atoms with Crippen molar-refractivity contribution in [1.82, 2.24) is 10.2 Å². The number of piperidine rings is 1. The minimum atomic E-state index is -0.404. The lowest BCUT2D eigenvalue weighted by molar-refractivity contribution is -0.0196. The molecule has 4 heteroatoms. The molecule has 1 atom stereocenters. The number of nitrogens with zero attached hydrogens (tertiary/aromatic N) is 1. The van der Waals surface area contributed by atoms with Crippen LogP contribution in [0.25, 0.3) is 0 Å². The van der Waals surface area contributed by atoms with Crippen LogP contribution in [0.2, 0.25) is 0 Å². The van der Waals surface area contributed by atoms with Crippen molar-refractivity contribution in [2.45, 2.75) is 70.4 Å². The van der Waals surface area contributed by atoms with Gasteiger partial charge in [-0.25, -0.2) is 4.79 Å². The highest BCUT2D eigenvalue weighted by Gasteiger charge is 2.42. The van der Waals surface area contributed by atoms with Gasteiger partial charge in [-0.1, -0.05) is 0 Å². The summed E-state index contributed by atoms with van der Waals surface area (Å²) < 4.78 is 5.61. The van der Waals surface area contributed by atoms with Crippen LogP contribution < -0.4 is 5.32 Å². The second-order valence-corrected chi connectivity index (χ2v) is 6.92. The van der Waals surface area contributed by atoms with E-state index in [1.54, 1.807) is 0 Å². The Balaban J connectivity index is 2.12. The van der Waals surface area contributed by atoms with Gasteiger partial charge in [0.1, 0.15) is 5.60 Å². The molecule has 2 saturated heterocycles. The standard InChI is InChI=1S/C15H28N2O2/c1-14(2,3)19-13(18)17-12-5-4-7-15(17)8-6-10-16-11-9-15/h16H,4-12H2,1-3H3. The van der Waals surface area contributed by atoms with Crippen molar-refractivity contribution in [3.8, 4) is 0 Å². The number of carbonyl (C=O) groups is 1. The molecule has 0 bridgehead atoms. The molecule has 0 aliphatic carbocycles. The van der Waals surface area contributed by atoms with Crippen LogP contribution in [0, 0.1) is 0 Å². The predicted octanol–water partition coefficient (Wildman–Crippen LogP) is 2.92. The third kappa shape index (κ3) is 3.62. The highest BCUT2D eigenvalue weighted by Crippen LogP contribution is 2.37. The van der Waals surface area contributed by atoms with Crippen molar-refractivity contribution in [3.05, 3.63) is 0 Å². The molecule has 110 valence electrons. The molecule has 19 heavy (non-hydrogen) atoms. The fraction of sp³-hybridized carbons (Fsp3) is 0.933. The van der Waals surface area contributed by atoms with Crippen LogP contribution in [0.5, 0.6) is 0 Å². The van der Waals surface area contributed by atoms with Crippen LogP contribution in [0.1, 0.15) is 59.3 Å². The molecule has 4 nitrogen and oxygen atoms in total. The van der Waals surface area contributed by atoms with Crippen LogP contribution in [0.15, 0.2) is 0 Å². The van der Waals surface area contributed by atoms with E-state index in [-0.39, 0.29) is 11.6 Å². The number of hydrogen-bond acceptors (Lipinski definition) is 3. The zero-order chi connectivity index (χ0) is 13.9. The van der Waals surface area contributed by atoms with Gasteiger partial charge < -0.3 is 15.0 Å². The summed E-state index contributed by atoms with van der Waals surface area (Å²) in [5.41, 5.74) is -0.358. The Hall–Kier alpha value is -0.770. The van der Waals surface area contributed by atoms with Crippen molar-refractivity contribution in [3.63, 3.8) is 0 Å². The van der Waals surface area contributed by atoms with Gasteiger partial charge in [-0.15, -0.1) is 0 Å². The molecule has 0 aromatic carbocycles. The molecule has 2 rings (SSSR count). The molecule has 0 saturated carbocycles. The molecular formula is C15H28N2O2. The zero-order valence-corrected chi connectivity index (χ0v) is 12.6. The minimum Gasteiger partial charge on any atom is -0.444 e. The van der Waals surface area contributed by atoms with Crippen LogP contribution in [-0.4, -0.2) is 41.8 Å². The highest BCUT2D eigenvalue weighted by molar-refractivity contribution is 5.69. The molecule has 0 aromatic heterocycles. The normalized spacial score (nSPS) is 29.1. The van der Waals surface area contributed by atoms with Gasteiger partial charge in [0.25, 0.3) is 0 Å². The van der Waals surface area contributed by atoms with Crippen molar-refractivity contribution in [2.24, 2.45) is 0 Å². The first-order valence-corrected chi connectivity index (χ1v) is 7.64. The number of rotatable bonds is 0. The molecule has 2 aliphatic heterocycles. The number of likely N-dealkylation sites (tertiary alicyclic amines) is 1. The maximum atomic E-state index is 12.5. The summed E-state index contributed by atoms with van der Waals surface area (Å²) in [6.07, 6.45) is 6.68. The zero-order valence-electron chi connectivity index (χ0n) is 12.6. The summed E-state index contributed by atoms with van der Waals surface area (Å²) in [6, 6.07) is 0. The Morgan fingerprint density at radius 3 is 2.58 bits per heavy atom. The molecule has 1 amide bonds. The van der Waals surface area contributed by atoms with E-state index in [1.807, 2.05) is 25.7 Å². The Bertz CT molecular complexity index is 315. The molecule has 2 heterocycles. The Morgan fingerprint density at radius 2 is 1.84 bits per heavy atom. The lowest BCUT2D eigenvalue weighted by Gasteiger charge is -2.47. The van der Waals surface area contributed by atoms with E-state index in [4.69, 9.17) is 4.74 Å². The van der Waals surface area contributed by atoms with E-state index in [0.29, 0.717) is 0 Å². The van der Waals surface area contributed by atoms with E-state index in [9.17, 15) is 4.79 Å². The molecular weight excluding hydrogens is 240 g/mol. The van der Waals surface area contributed by atoms with Gasteiger partial charge in [-0.05, 0) is 72.4 Å². The van der Waals surface area contributed by atoms with E-state index < -0.39 is 5.60 Å². The summed E-state index contributed by atoms with van der Waals surface area (Å²) in [5, 5.41) is 3.45. The summed E-state index contributed by atoms with van der Waals surface area (Å²) in [7, 11) is 0. The van der Waals surface area contributed by atoms with Gasteiger partial charge in [0.15, 0.2) is 0 Å². The lowest BCUT2D eigenvalue weighted by Crippen LogP contribution is -2.56. The van der Waals surface area contributed by atoms with Gasteiger partial charge >= 0.3 is 6.09 Å². The van der Waals surface area contributed by atoms with Gasteiger partial charge in [0, 0.05) is 12.1 Å². The maximum absolute atomic E-state index is 12.5. The molecule has 2 aliphatic rings. The number of carbonyl (C=O) groups excluding carboxylic acids is 1. The first-order chi connectivity index (χ1) is 8.93. The van der Waals surface area contributed by atoms with Gasteiger partial charge in [0.2, 0.25) is 0 Å². The van der Waals surface area contributed by atoms with Gasteiger partial charge in [-0.3, -0.25) is 0 Å². The SMILES string of the molecule is CC(C)(C)OC(=O)N1CCCCC12CCCNCC2. The van der Waals surface area contributed by atoms with Crippen LogP contribution in [0.3, 0.4) is 0 Å². The van der Waals surface area contributed by atoms with Gasteiger partial charge in [0.05, 0.1) is 0 Å². The van der Waals surface area contributed by atoms with E-state index in [1.165, 1.54) is 6.42 Å². The molecule has 1 unspecified atom stereocenters. The third-order valence-electron chi connectivity index (χ3n) is 4.22. The quantitative estimate of drug-likeness (QED) is 0.734. The Morgan fingerprint density at radius 1 is 1.11 bits per heavy atom. The second kappa shape index (κ2) is 5.70. The lowest BCUT2D eigenvalue weighted by atomic mass is 9.81. The topological polar surface area (TPSA) is 41.6 Å². The number of amides is 1. The van der Waals surface area contributed by atoms with Crippen LogP contribution in [0.4, 0.5) is 4.79 Å². The minimum absolute atomic E-state index is 0.0457. The molecule has 2 fully saturated rings. The fourth-order valence-electron chi connectivity index (χ4n) is 3.33. The smallest absolute Gasteiger partial charge is 0.410 e. The first-order valence-electron chi connectivity index (χ1n) is 7.64. The number of hydrogen-bond donors (Lipinski definition) is 1. The van der Waals surface area contributed by atoms with E-state index in [0.717, 1.165) is 51.7 Å². The largest absolute Gasteiger partial charge is 0.444 e. The summed E-state index contributed by atoms with van der Waals surface area (Å²) in [5.74, 6) is 0. The molecule has 0 radical (unpaired) electrons. The van der Waals surface area contributed by atoms with E-state index >= 15 is 0 Å². The summed E-state index contributed by atoms with van der Waals surface area (Å²) in [4.78, 5) is 14.5. The molecule has 1 N–H and O–H groups in total. The second-order valence-electron chi connectivity index (χ2n) is 6.92. The highest BCUT2D eigenvalue weighted by atomic mass is 16.6. The summed E-state index contributed by atoms with van der Waals surface area (Å²) in [6.45, 7) is 8.76. The monoisotopic (exact) mass is 268 g/mol. The number of ether oxygens (including phenoxy) is 1. The predicted molar refractivity (Wildman–Crippen MR) is 76.2 cm³/mol. The average Bonchev–Trinajstić information content (AvgIpc) is 2.54. The summed E-state index contributed by atoms with van der Waals surface area (Å²) >= 11 is 0. The van der Waals surface area contributed by atoms with E-state index in [2.05, 4.69) is 5.32 Å². The van der Waals surface area contributed by atoms with Crippen molar-refractivity contribution in [2.75, 3.05) is 19.6 Å². The number of nitrogens with one attached hydrogen (secondary N) is 1. The van der Waals surface area contributed by atoms with Crippen molar-refractivity contribution >= 4 is 6.09 Å². The van der Waals surface area contributed by atoms with Crippen molar-refractivity contribution < 1.29 is 9.53 Å². The Kier molecular flexibility index (Phi) is 4.39.